The van der Waals surface area contributed by atoms with Gasteiger partial charge in [-0.1, -0.05) is 30.3 Å². The Kier molecular flexibility index (Phi) is 7.47. The van der Waals surface area contributed by atoms with Crippen LogP contribution in [0, 0.1) is 11.3 Å². The van der Waals surface area contributed by atoms with Crippen molar-refractivity contribution in [2.75, 3.05) is 18.1 Å². The molecule has 2 aromatic carbocycles. The molecule has 0 atom stereocenters. The topological polar surface area (TPSA) is 117 Å². The lowest BCUT2D eigenvalue weighted by molar-refractivity contribution is -0.146. The van der Waals surface area contributed by atoms with Crippen LogP contribution in [0.1, 0.15) is 19.4 Å². The summed E-state index contributed by atoms with van der Waals surface area (Å²) in [4.78, 5) is 25.6. The van der Waals surface area contributed by atoms with Gasteiger partial charge >= 0.3 is 5.97 Å². The maximum atomic E-state index is 12.5. The molecule has 0 spiro atoms. The normalized spacial score (nSPS) is 11.0. The smallest absolute Gasteiger partial charge is 0.321 e. The Bertz CT molecular complexity index is 1010. The minimum Gasteiger partial charge on any atom is -0.455 e. The number of hydrogen-bond acceptors (Lipinski definition) is 6. The maximum absolute atomic E-state index is 12.5. The summed E-state index contributed by atoms with van der Waals surface area (Å²) in [5.74, 6) is -1.34. The lowest BCUT2D eigenvalue weighted by atomic mass is 10.2. The number of esters is 1. The van der Waals surface area contributed by atoms with Gasteiger partial charge < -0.3 is 9.64 Å². The molecule has 2 rings (SSSR count). The summed E-state index contributed by atoms with van der Waals surface area (Å²) < 4.78 is 31.6. The summed E-state index contributed by atoms with van der Waals surface area (Å²) in [6.07, 6.45) is 0. The van der Waals surface area contributed by atoms with Crippen LogP contribution < -0.4 is 9.62 Å². The van der Waals surface area contributed by atoms with Crippen molar-refractivity contribution in [3.05, 3.63) is 60.2 Å². The molecular formula is C20H21N3O5S. The second-order valence-corrected chi connectivity index (χ2v) is 8.02. The van der Waals surface area contributed by atoms with Gasteiger partial charge in [0.15, 0.2) is 6.61 Å². The van der Waals surface area contributed by atoms with Gasteiger partial charge in [0.2, 0.25) is 10.0 Å². The fourth-order valence-electron chi connectivity index (χ4n) is 2.61. The molecule has 0 radical (unpaired) electrons. The van der Waals surface area contributed by atoms with E-state index in [0.717, 1.165) is 0 Å². The highest BCUT2D eigenvalue weighted by atomic mass is 32.2. The lowest BCUT2D eigenvalue weighted by Crippen LogP contribution is -2.40. The van der Waals surface area contributed by atoms with E-state index >= 15 is 0 Å². The van der Waals surface area contributed by atoms with Crippen LogP contribution in [-0.2, 0) is 24.3 Å². The van der Waals surface area contributed by atoms with Crippen LogP contribution in [0.15, 0.2) is 59.5 Å². The third kappa shape index (κ3) is 5.88. The van der Waals surface area contributed by atoms with Gasteiger partial charge in [0.25, 0.3) is 5.91 Å². The summed E-state index contributed by atoms with van der Waals surface area (Å²) in [7, 11) is -4.08. The third-order valence-corrected chi connectivity index (χ3v) is 5.34. The van der Waals surface area contributed by atoms with E-state index in [2.05, 4.69) is 4.72 Å². The van der Waals surface area contributed by atoms with Gasteiger partial charge in [0.1, 0.15) is 12.6 Å². The standard InChI is InChI=1S/C20H21N3O5S/c1-15(2)23(17-9-4-3-5-10-17)19(24)14-28-20(25)13-22-29(26,27)18-11-7-6-8-16(18)12-21/h3-11,15,22H,13-14H2,1-2H3. The number of benzene rings is 2. The van der Waals surface area contributed by atoms with Crippen molar-refractivity contribution in [3.8, 4) is 6.07 Å². The van der Waals surface area contributed by atoms with Crippen LogP contribution in [0.3, 0.4) is 0 Å². The summed E-state index contributed by atoms with van der Waals surface area (Å²) in [5.41, 5.74) is 0.622. The highest BCUT2D eigenvalue weighted by Crippen LogP contribution is 2.17. The number of amides is 1. The van der Waals surface area contributed by atoms with E-state index in [1.807, 2.05) is 19.9 Å². The monoisotopic (exact) mass is 415 g/mol. The number of nitrogens with one attached hydrogen (secondary N) is 1. The number of sulfonamides is 1. The van der Waals surface area contributed by atoms with E-state index in [0.29, 0.717) is 5.69 Å². The molecule has 152 valence electrons. The number of ether oxygens (including phenoxy) is 1. The van der Waals surface area contributed by atoms with Gasteiger partial charge in [-0.25, -0.2) is 8.42 Å². The summed E-state index contributed by atoms with van der Waals surface area (Å²) in [6.45, 7) is 2.46. The van der Waals surface area contributed by atoms with Crippen LogP contribution >= 0.6 is 0 Å². The molecule has 29 heavy (non-hydrogen) atoms. The van der Waals surface area contributed by atoms with Crippen LogP contribution in [0.4, 0.5) is 5.69 Å². The van der Waals surface area contributed by atoms with E-state index in [9.17, 15) is 18.0 Å². The van der Waals surface area contributed by atoms with E-state index in [1.54, 1.807) is 30.3 Å². The number of carbonyl (C=O) groups excluding carboxylic acids is 2. The largest absolute Gasteiger partial charge is 0.455 e. The first-order valence-corrected chi connectivity index (χ1v) is 10.3. The Labute approximate surface area is 169 Å². The fourth-order valence-corrected chi connectivity index (χ4v) is 3.73. The first-order valence-electron chi connectivity index (χ1n) is 8.78. The first-order chi connectivity index (χ1) is 13.8. The fraction of sp³-hybridized carbons (Fsp3) is 0.250. The van der Waals surface area contributed by atoms with Crippen molar-refractivity contribution < 1.29 is 22.7 Å². The Balaban J connectivity index is 1.96. The Morgan fingerprint density at radius 2 is 1.72 bits per heavy atom. The van der Waals surface area contributed by atoms with Crippen LogP contribution in [-0.4, -0.2) is 39.5 Å². The number of nitriles is 1. The number of hydrogen-bond donors (Lipinski definition) is 1. The highest BCUT2D eigenvalue weighted by Gasteiger charge is 2.22. The molecule has 8 nitrogen and oxygen atoms in total. The maximum Gasteiger partial charge on any atom is 0.321 e. The predicted molar refractivity (Wildman–Crippen MR) is 106 cm³/mol. The SMILES string of the molecule is CC(C)N(C(=O)COC(=O)CNS(=O)(=O)c1ccccc1C#N)c1ccccc1. The molecule has 1 amide bonds. The number of anilines is 1. The van der Waals surface area contributed by atoms with Gasteiger partial charge in [0, 0.05) is 11.7 Å². The number of para-hydroxylation sites is 1. The molecule has 2 aromatic rings. The molecule has 0 saturated carbocycles. The zero-order valence-corrected chi connectivity index (χ0v) is 16.8. The zero-order valence-electron chi connectivity index (χ0n) is 16.0. The molecule has 0 aliphatic carbocycles. The molecular weight excluding hydrogens is 394 g/mol. The van der Waals surface area contributed by atoms with Gasteiger partial charge in [-0.3, -0.25) is 9.59 Å². The Hall–Kier alpha value is -3.22. The van der Waals surface area contributed by atoms with Crippen molar-refractivity contribution >= 4 is 27.6 Å². The predicted octanol–water partition coefficient (Wildman–Crippen LogP) is 1.82. The molecule has 0 aliphatic heterocycles. The summed E-state index contributed by atoms with van der Waals surface area (Å²) in [6, 6.07) is 16.2. The van der Waals surface area contributed by atoms with E-state index in [4.69, 9.17) is 10.00 Å². The van der Waals surface area contributed by atoms with Crippen molar-refractivity contribution in [2.24, 2.45) is 0 Å². The van der Waals surface area contributed by atoms with Crippen LogP contribution in [0.5, 0.6) is 0 Å². The molecule has 0 aliphatic rings. The summed E-state index contributed by atoms with van der Waals surface area (Å²) in [5, 5.41) is 9.02. The van der Waals surface area contributed by atoms with E-state index in [1.165, 1.54) is 29.2 Å². The molecule has 0 unspecified atom stereocenters. The average Bonchev–Trinajstić information content (AvgIpc) is 2.71. The van der Waals surface area contributed by atoms with E-state index in [-0.39, 0.29) is 16.5 Å². The highest BCUT2D eigenvalue weighted by molar-refractivity contribution is 7.89. The quantitative estimate of drug-likeness (QED) is 0.658. The molecule has 0 fully saturated rings. The summed E-state index contributed by atoms with van der Waals surface area (Å²) >= 11 is 0. The third-order valence-electron chi connectivity index (χ3n) is 3.88. The molecule has 9 heteroatoms. The second kappa shape index (κ2) is 9.82. The van der Waals surface area contributed by atoms with Gasteiger partial charge in [0.05, 0.1) is 10.5 Å². The molecule has 0 heterocycles. The van der Waals surface area contributed by atoms with Crippen LogP contribution in [0.2, 0.25) is 0 Å². The Morgan fingerprint density at radius 1 is 1.10 bits per heavy atom. The van der Waals surface area contributed by atoms with Gasteiger partial charge in [-0.15, -0.1) is 0 Å². The van der Waals surface area contributed by atoms with Gasteiger partial charge in [-0.2, -0.15) is 9.98 Å². The average molecular weight is 415 g/mol. The number of carbonyl (C=O) groups is 2. The minimum absolute atomic E-state index is 0.0426. The zero-order chi connectivity index (χ0) is 21.4. The molecule has 1 N–H and O–H groups in total. The van der Waals surface area contributed by atoms with Gasteiger partial charge in [-0.05, 0) is 38.1 Å². The first kappa shape index (κ1) is 22.1. The van der Waals surface area contributed by atoms with Crippen LogP contribution in [0.25, 0.3) is 0 Å². The molecule has 0 aromatic heterocycles. The molecule has 0 saturated heterocycles. The van der Waals surface area contributed by atoms with E-state index < -0.39 is 35.1 Å². The lowest BCUT2D eigenvalue weighted by Gasteiger charge is -2.26. The second-order valence-electron chi connectivity index (χ2n) is 6.29. The molecule has 0 bridgehead atoms. The van der Waals surface area contributed by atoms with Crippen molar-refractivity contribution in [1.29, 1.82) is 5.26 Å². The van der Waals surface area contributed by atoms with Crippen molar-refractivity contribution in [2.45, 2.75) is 24.8 Å². The number of rotatable bonds is 8. The van der Waals surface area contributed by atoms with Crippen molar-refractivity contribution in [1.82, 2.24) is 4.72 Å². The number of nitrogens with zero attached hydrogens (tertiary/aromatic N) is 2. The van der Waals surface area contributed by atoms with Crippen molar-refractivity contribution in [3.63, 3.8) is 0 Å². The minimum atomic E-state index is -4.08. The Morgan fingerprint density at radius 3 is 2.34 bits per heavy atom.